The SMILES string of the molecule is O=C(NCC(=O)[C@H](Cc1ccccc1)NC(=O)c1ccccc1C=Cc1ccncc1)c1ccccc1. The monoisotopic (exact) mass is 489 g/mol. The highest BCUT2D eigenvalue weighted by molar-refractivity contribution is 6.02. The molecule has 0 aliphatic carbocycles. The maximum Gasteiger partial charge on any atom is 0.252 e. The Labute approximate surface area is 216 Å². The van der Waals surface area contributed by atoms with Gasteiger partial charge in [-0.25, -0.2) is 0 Å². The molecule has 0 saturated heterocycles. The van der Waals surface area contributed by atoms with E-state index in [0.717, 1.165) is 16.7 Å². The number of nitrogens with zero attached hydrogens (tertiary/aromatic N) is 1. The number of pyridine rings is 1. The molecule has 0 aliphatic heterocycles. The van der Waals surface area contributed by atoms with Gasteiger partial charge in [0, 0.05) is 23.5 Å². The van der Waals surface area contributed by atoms with E-state index in [9.17, 15) is 14.4 Å². The summed E-state index contributed by atoms with van der Waals surface area (Å²) in [5.74, 6) is -0.990. The van der Waals surface area contributed by atoms with Crippen molar-refractivity contribution in [1.82, 2.24) is 15.6 Å². The Morgan fingerprint density at radius 3 is 2.11 bits per heavy atom. The van der Waals surface area contributed by atoms with Gasteiger partial charge in [0.25, 0.3) is 11.8 Å². The highest BCUT2D eigenvalue weighted by Crippen LogP contribution is 2.14. The van der Waals surface area contributed by atoms with Gasteiger partial charge in [0.2, 0.25) is 0 Å². The third-order valence-electron chi connectivity index (χ3n) is 5.80. The number of hydrogen-bond donors (Lipinski definition) is 2. The topological polar surface area (TPSA) is 88.2 Å². The van der Waals surface area contributed by atoms with Crippen molar-refractivity contribution in [3.8, 4) is 0 Å². The van der Waals surface area contributed by atoms with E-state index in [1.807, 2.05) is 72.8 Å². The number of benzene rings is 3. The molecular formula is C31H27N3O3. The standard InChI is InChI=1S/C31H27N3O3/c35-29(22-33-30(36)26-12-5-2-6-13-26)28(21-24-9-3-1-4-10-24)34-31(37)27-14-8-7-11-25(27)16-15-23-17-19-32-20-18-23/h1-20,28H,21-22H2,(H,33,36)(H,34,37)/t28-/m0/s1. The van der Waals surface area contributed by atoms with Crippen LogP contribution in [0.25, 0.3) is 12.2 Å². The Morgan fingerprint density at radius 1 is 0.730 bits per heavy atom. The Bertz CT molecular complexity index is 1370. The van der Waals surface area contributed by atoms with Crippen LogP contribution in [0.1, 0.15) is 37.4 Å². The van der Waals surface area contributed by atoms with E-state index in [1.54, 1.807) is 48.8 Å². The van der Waals surface area contributed by atoms with Crippen LogP contribution in [0.2, 0.25) is 0 Å². The lowest BCUT2D eigenvalue weighted by atomic mass is 10.00. The van der Waals surface area contributed by atoms with Gasteiger partial charge in [-0.05, 0) is 53.4 Å². The Balaban J connectivity index is 1.50. The predicted octanol–water partition coefficient (Wildman–Crippen LogP) is 4.59. The molecule has 0 aliphatic rings. The number of carbonyl (C=O) groups excluding carboxylic acids is 3. The van der Waals surface area contributed by atoms with Crippen molar-refractivity contribution in [1.29, 1.82) is 0 Å². The summed E-state index contributed by atoms with van der Waals surface area (Å²) in [7, 11) is 0. The zero-order chi connectivity index (χ0) is 25.9. The smallest absolute Gasteiger partial charge is 0.252 e. The summed E-state index contributed by atoms with van der Waals surface area (Å²) >= 11 is 0. The zero-order valence-corrected chi connectivity index (χ0v) is 20.2. The third-order valence-corrected chi connectivity index (χ3v) is 5.80. The van der Waals surface area contributed by atoms with Crippen LogP contribution in [0.15, 0.2) is 109 Å². The Hall–Kier alpha value is -4.84. The van der Waals surface area contributed by atoms with Crippen LogP contribution < -0.4 is 10.6 Å². The summed E-state index contributed by atoms with van der Waals surface area (Å²) in [6.45, 7) is -0.199. The second kappa shape index (κ2) is 12.7. The summed E-state index contributed by atoms with van der Waals surface area (Å²) < 4.78 is 0. The fourth-order valence-corrected chi connectivity index (χ4v) is 3.82. The van der Waals surface area contributed by atoms with E-state index in [4.69, 9.17) is 0 Å². The molecule has 6 heteroatoms. The number of Topliss-reactive ketones (excluding diaryl/α,β-unsaturated/α-hetero) is 1. The first-order valence-corrected chi connectivity index (χ1v) is 12.0. The van der Waals surface area contributed by atoms with Gasteiger partial charge < -0.3 is 10.6 Å². The first-order valence-electron chi connectivity index (χ1n) is 12.0. The molecule has 2 amide bonds. The number of nitrogens with one attached hydrogen (secondary N) is 2. The van der Waals surface area contributed by atoms with Gasteiger partial charge in [0.1, 0.15) is 0 Å². The van der Waals surface area contributed by atoms with Crippen molar-refractivity contribution in [2.45, 2.75) is 12.5 Å². The molecule has 6 nitrogen and oxygen atoms in total. The maximum atomic E-state index is 13.3. The molecule has 0 spiro atoms. The number of hydrogen-bond acceptors (Lipinski definition) is 4. The second-order valence-corrected chi connectivity index (χ2v) is 8.43. The largest absolute Gasteiger partial charge is 0.345 e. The van der Waals surface area contributed by atoms with Crippen molar-refractivity contribution in [3.63, 3.8) is 0 Å². The average molecular weight is 490 g/mol. The van der Waals surface area contributed by atoms with Gasteiger partial charge in [0.05, 0.1) is 12.6 Å². The molecule has 0 saturated carbocycles. The van der Waals surface area contributed by atoms with Crippen LogP contribution >= 0.6 is 0 Å². The normalized spacial score (nSPS) is 11.6. The van der Waals surface area contributed by atoms with Crippen LogP contribution in [0, 0.1) is 0 Å². The lowest BCUT2D eigenvalue weighted by Gasteiger charge is -2.19. The molecule has 0 radical (unpaired) electrons. The number of amides is 2. The minimum Gasteiger partial charge on any atom is -0.345 e. The molecule has 37 heavy (non-hydrogen) atoms. The van der Waals surface area contributed by atoms with Crippen LogP contribution in [0.3, 0.4) is 0 Å². The molecule has 4 rings (SSSR count). The third kappa shape index (κ3) is 7.32. The lowest BCUT2D eigenvalue weighted by Crippen LogP contribution is -2.46. The molecule has 184 valence electrons. The fourth-order valence-electron chi connectivity index (χ4n) is 3.82. The quantitative estimate of drug-likeness (QED) is 0.341. The Morgan fingerprint density at radius 2 is 1.38 bits per heavy atom. The van der Waals surface area contributed by atoms with Crippen molar-refractivity contribution in [2.24, 2.45) is 0 Å². The number of ketones is 1. The van der Waals surface area contributed by atoms with Crippen LogP contribution in [0.4, 0.5) is 0 Å². The lowest BCUT2D eigenvalue weighted by molar-refractivity contribution is -0.119. The molecule has 0 unspecified atom stereocenters. The fraction of sp³-hybridized carbons (Fsp3) is 0.0968. The van der Waals surface area contributed by atoms with E-state index < -0.39 is 6.04 Å². The highest BCUT2D eigenvalue weighted by Gasteiger charge is 2.23. The van der Waals surface area contributed by atoms with E-state index in [1.165, 1.54) is 0 Å². The van der Waals surface area contributed by atoms with E-state index in [0.29, 0.717) is 17.5 Å². The van der Waals surface area contributed by atoms with Crippen molar-refractivity contribution in [3.05, 3.63) is 137 Å². The van der Waals surface area contributed by atoms with Crippen molar-refractivity contribution >= 4 is 29.7 Å². The minimum atomic E-state index is -0.816. The second-order valence-electron chi connectivity index (χ2n) is 8.43. The predicted molar refractivity (Wildman–Crippen MR) is 145 cm³/mol. The van der Waals surface area contributed by atoms with Crippen LogP contribution in [-0.2, 0) is 11.2 Å². The van der Waals surface area contributed by atoms with E-state index in [-0.39, 0.29) is 24.1 Å². The number of carbonyl (C=O) groups is 3. The van der Waals surface area contributed by atoms with E-state index in [2.05, 4.69) is 15.6 Å². The molecule has 2 N–H and O–H groups in total. The van der Waals surface area contributed by atoms with Crippen LogP contribution in [-0.4, -0.2) is 35.2 Å². The molecule has 3 aromatic carbocycles. The zero-order valence-electron chi connectivity index (χ0n) is 20.2. The van der Waals surface area contributed by atoms with Crippen molar-refractivity contribution in [2.75, 3.05) is 6.54 Å². The maximum absolute atomic E-state index is 13.3. The van der Waals surface area contributed by atoms with Crippen LogP contribution in [0.5, 0.6) is 0 Å². The Kier molecular flexibility index (Phi) is 8.70. The van der Waals surface area contributed by atoms with Gasteiger partial charge in [0.15, 0.2) is 5.78 Å². The molecule has 1 atom stereocenters. The molecule has 4 aromatic rings. The first-order chi connectivity index (χ1) is 18.1. The van der Waals surface area contributed by atoms with E-state index >= 15 is 0 Å². The summed E-state index contributed by atoms with van der Waals surface area (Å²) in [6.07, 6.45) is 7.48. The molecule has 0 bridgehead atoms. The van der Waals surface area contributed by atoms with Gasteiger partial charge in [-0.3, -0.25) is 19.4 Å². The molecular weight excluding hydrogens is 462 g/mol. The van der Waals surface area contributed by atoms with Gasteiger partial charge in [-0.1, -0.05) is 78.9 Å². The minimum absolute atomic E-state index is 0.199. The summed E-state index contributed by atoms with van der Waals surface area (Å²) in [6, 6.07) is 28.3. The molecule has 1 aromatic heterocycles. The highest BCUT2D eigenvalue weighted by atomic mass is 16.2. The number of rotatable bonds is 10. The molecule has 1 heterocycles. The van der Waals surface area contributed by atoms with Gasteiger partial charge >= 0.3 is 0 Å². The average Bonchev–Trinajstić information content (AvgIpc) is 2.96. The number of aromatic nitrogens is 1. The summed E-state index contributed by atoms with van der Waals surface area (Å²) in [4.78, 5) is 43.0. The first kappa shape index (κ1) is 25.3. The molecule has 0 fully saturated rings. The van der Waals surface area contributed by atoms with Gasteiger partial charge in [-0.2, -0.15) is 0 Å². The van der Waals surface area contributed by atoms with Gasteiger partial charge in [-0.15, -0.1) is 0 Å². The summed E-state index contributed by atoms with van der Waals surface area (Å²) in [5, 5.41) is 5.57. The summed E-state index contributed by atoms with van der Waals surface area (Å²) in [5.41, 5.74) is 3.50. The van der Waals surface area contributed by atoms with Crippen molar-refractivity contribution < 1.29 is 14.4 Å².